The van der Waals surface area contributed by atoms with Crippen LogP contribution in [-0.4, -0.2) is 28.5 Å². The van der Waals surface area contributed by atoms with Crippen LogP contribution in [0.4, 0.5) is 0 Å². The first-order valence-electron chi connectivity index (χ1n) is 5.61. The van der Waals surface area contributed by atoms with Crippen LogP contribution in [0.2, 0.25) is 0 Å². The number of pyridine rings is 1. The van der Waals surface area contributed by atoms with Gasteiger partial charge in [-0.1, -0.05) is 41.3 Å². The van der Waals surface area contributed by atoms with Crippen molar-refractivity contribution in [2.45, 2.75) is 6.92 Å². The van der Waals surface area contributed by atoms with Gasteiger partial charge in [0.1, 0.15) is 15.7 Å². The Balaban J connectivity index is 2.68. The lowest BCUT2D eigenvalue weighted by Crippen LogP contribution is -2.37. The summed E-state index contributed by atoms with van der Waals surface area (Å²) in [5, 5.41) is 0. The van der Waals surface area contributed by atoms with E-state index in [0.717, 1.165) is 11.3 Å². The Morgan fingerprint density at radius 2 is 1.56 bits per heavy atom. The van der Waals surface area contributed by atoms with E-state index >= 15 is 0 Å². The first-order valence-corrected chi connectivity index (χ1v) is 5.61. The Kier molecular flexibility index (Phi) is 2.91. The summed E-state index contributed by atoms with van der Waals surface area (Å²) in [5.41, 5.74) is 7.38. The molecule has 1 heterocycles. The van der Waals surface area contributed by atoms with Crippen LogP contribution in [0.1, 0.15) is 5.56 Å². The van der Waals surface area contributed by atoms with E-state index in [4.69, 9.17) is 4.98 Å². The summed E-state index contributed by atoms with van der Waals surface area (Å²) in [6.45, 7) is 2.14. The van der Waals surface area contributed by atoms with Crippen molar-refractivity contribution in [3.63, 3.8) is 0 Å². The van der Waals surface area contributed by atoms with Gasteiger partial charge in [0.15, 0.2) is 7.85 Å². The predicted molar refractivity (Wildman–Crippen MR) is 78.9 cm³/mol. The fraction of sp³-hybridized carbons (Fsp3) is 0.0833. The van der Waals surface area contributed by atoms with Crippen molar-refractivity contribution in [2.75, 3.05) is 0 Å². The summed E-state index contributed by atoms with van der Waals surface area (Å²) in [6.07, 6.45) is 0. The zero-order valence-corrected chi connectivity index (χ0v) is 10.3. The molecule has 1 nitrogen and oxygen atoms in total. The molecule has 16 heavy (non-hydrogen) atoms. The van der Waals surface area contributed by atoms with E-state index in [0.29, 0.717) is 0 Å². The highest BCUT2D eigenvalue weighted by molar-refractivity contribution is 6.52. The third-order valence-electron chi connectivity index (χ3n) is 3.35. The number of rotatable bonds is 1. The third kappa shape index (κ3) is 1.80. The minimum atomic E-state index is 1.11. The molecule has 4 heteroatoms. The fourth-order valence-electron chi connectivity index (χ4n) is 1.94. The highest BCUT2D eigenvalue weighted by atomic mass is 14.7. The highest BCUT2D eigenvalue weighted by Crippen LogP contribution is 2.12. The van der Waals surface area contributed by atoms with Crippen LogP contribution in [0.5, 0.6) is 0 Å². The van der Waals surface area contributed by atoms with Crippen molar-refractivity contribution in [1.82, 2.24) is 4.98 Å². The molecule has 0 aliphatic carbocycles. The Morgan fingerprint density at radius 3 is 2.19 bits per heavy atom. The van der Waals surface area contributed by atoms with E-state index in [1.165, 1.54) is 22.1 Å². The monoisotopic (exact) mass is 205 g/mol. The first kappa shape index (κ1) is 11.1. The molecule has 0 saturated heterocycles. The molecule has 2 rings (SSSR count). The average molecular weight is 205 g/mol. The second kappa shape index (κ2) is 4.21. The molecule has 0 bridgehead atoms. The summed E-state index contributed by atoms with van der Waals surface area (Å²) in [7, 11) is 6.40. The molecular formula is C12H14B3N. The van der Waals surface area contributed by atoms with E-state index in [1.54, 1.807) is 0 Å². The third-order valence-corrected chi connectivity index (χ3v) is 3.35. The van der Waals surface area contributed by atoms with Gasteiger partial charge < -0.3 is 0 Å². The molecule has 0 N–H and O–H groups in total. The van der Waals surface area contributed by atoms with Gasteiger partial charge in [-0.05, 0) is 23.6 Å². The molecule has 0 fully saturated rings. The van der Waals surface area contributed by atoms with Crippen LogP contribution in [0, 0.1) is 6.92 Å². The maximum atomic E-state index is 4.70. The number of hydrogen-bond acceptors (Lipinski definition) is 1. The summed E-state index contributed by atoms with van der Waals surface area (Å²) in [5.74, 6) is 0. The summed E-state index contributed by atoms with van der Waals surface area (Å²) in [6, 6.07) is 10.4. The van der Waals surface area contributed by atoms with Crippen LogP contribution in [0.15, 0.2) is 30.3 Å². The molecule has 0 atom stereocenters. The van der Waals surface area contributed by atoms with Crippen LogP contribution in [-0.2, 0) is 0 Å². The molecule has 0 unspecified atom stereocenters. The van der Waals surface area contributed by atoms with Gasteiger partial charge in [-0.25, -0.2) is 0 Å². The zero-order chi connectivity index (χ0) is 11.7. The lowest BCUT2D eigenvalue weighted by atomic mass is 9.74. The van der Waals surface area contributed by atoms with Crippen LogP contribution in [0.3, 0.4) is 0 Å². The van der Waals surface area contributed by atoms with Crippen molar-refractivity contribution in [1.29, 1.82) is 0 Å². The minimum Gasteiger partial charge on any atom is -0.264 e. The maximum Gasteiger partial charge on any atom is 0.164 e. The average Bonchev–Trinajstić information content (AvgIpc) is 2.32. The number of hydrogen-bond donors (Lipinski definition) is 0. The van der Waals surface area contributed by atoms with Crippen LogP contribution >= 0.6 is 0 Å². The van der Waals surface area contributed by atoms with Crippen molar-refractivity contribution in [2.24, 2.45) is 0 Å². The van der Waals surface area contributed by atoms with Gasteiger partial charge >= 0.3 is 0 Å². The van der Waals surface area contributed by atoms with Gasteiger partial charge in [-0.2, -0.15) is 0 Å². The van der Waals surface area contributed by atoms with Gasteiger partial charge in [-0.3, -0.25) is 4.98 Å². The summed E-state index contributed by atoms with van der Waals surface area (Å²) >= 11 is 0. The Hall–Kier alpha value is -1.44. The zero-order valence-electron chi connectivity index (χ0n) is 10.3. The highest BCUT2D eigenvalue weighted by Gasteiger charge is 2.09. The molecular weight excluding hydrogens is 191 g/mol. The standard InChI is InChI=1S/C12H14B3N/c1-7-9(13)10(14)11(16-12(7)15)8-5-3-2-4-6-8/h2-6H,13-15H2,1H3. The van der Waals surface area contributed by atoms with Crippen molar-refractivity contribution in [3.8, 4) is 11.3 Å². The molecule has 2 aromatic rings. The number of nitrogens with zero attached hydrogens (tertiary/aromatic N) is 1. The predicted octanol–water partition coefficient (Wildman–Crippen LogP) is -2.17. The molecule has 1 aromatic carbocycles. The maximum absolute atomic E-state index is 4.70. The molecule has 76 valence electrons. The molecule has 0 aliphatic rings. The van der Waals surface area contributed by atoms with Crippen molar-refractivity contribution >= 4 is 40.1 Å². The number of aromatic nitrogens is 1. The van der Waals surface area contributed by atoms with Gasteiger partial charge in [-0.15, -0.1) is 0 Å². The normalized spacial score (nSPS) is 10.3. The second-order valence-electron chi connectivity index (χ2n) is 4.29. The van der Waals surface area contributed by atoms with E-state index in [9.17, 15) is 0 Å². The molecule has 0 spiro atoms. The quantitative estimate of drug-likeness (QED) is 0.482. The Morgan fingerprint density at radius 1 is 0.938 bits per heavy atom. The van der Waals surface area contributed by atoms with Gasteiger partial charge in [0, 0.05) is 0 Å². The first-order chi connectivity index (χ1) is 7.61. The van der Waals surface area contributed by atoms with Crippen LogP contribution in [0.25, 0.3) is 11.3 Å². The Bertz CT molecular complexity index is 524. The lowest BCUT2D eigenvalue weighted by Gasteiger charge is -2.14. The van der Waals surface area contributed by atoms with E-state index < -0.39 is 0 Å². The van der Waals surface area contributed by atoms with Gasteiger partial charge in [0.05, 0.1) is 5.69 Å². The molecule has 0 saturated carbocycles. The Labute approximate surface area is 99.5 Å². The topological polar surface area (TPSA) is 12.9 Å². The SMILES string of the molecule is Bc1nc(-c2ccccc2)c(B)c(B)c1C. The molecule has 1 aromatic heterocycles. The largest absolute Gasteiger partial charge is 0.264 e. The molecule has 0 radical (unpaired) electrons. The smallest absolute Gasteiger partial charge is 0.164 e. The fourth-order valence-corrected chi connectivity index (χ4v) is 1.94. The van der Waals surface area contributed by atoms with E-state index in [1.807, 2.05) is 6.07 Å². The van der Waals surface area contributed by atoms with Crippen molar-refractivity contribution in [3.05, 3.63) is 35.9 Å². The van der Waals surface area contributed by atoms with E-state index in [2.05, 4.69) is 54.7 Å². The van der Waals surface area contributed by atoms with Crippen LogP contribution < -0.4 is 16.5 Å². The lowest BCUT2D eigenvalue weighted by molar-refractivity contribution is 1.36. The number of benzene rings is 1. The summed E-state index contributed by atoms with van der Waals surface area (Å²) < 4.78 is 0. The molecule has 0 amide bonds. The van der Waals surface area contributed by atoms with Crippen molar-refractivity contribution < 1.29 is 0 Å². The van der Waals surface area contributed by atoms with Gasteiger partial charge in [0.2, 0.25) is 0 Å². The minimum absolute atomic E-state index is 1.11. The van der Waals surface area contributed by atoms with E-state index in [-0.39, 0.29) is 0 Å². The van der Waals surface area contributed by atoms with Gasteiger partial charge in [0.25, 0.3) is 0 Å². The molecule has 0 aliphatic heterocycles. The second-order valence-corrected chi connectivity index (χ2v) is 4.29. The summed E-state index contributed by atoms with van der Waals surface area (Å²) in [4.78, 5) is 4.70.